The van der Waals surface area contributed by atoms with Crippen LogP contribution in [0.1, 0.15) is 0 Å². The van der Waals surface area contributed by atoms with Crippen molar-refractivity contribution in [1.82, 2.24) is 0 Å². The van der Waals surface area contributed by atoms with E-state index in [-0.39, 0.29) is 0 Å². The number of hydrogen-bond acceptors (Lipinski definition) is 2. The molecule has 1 aliphatic rings. The van der Waals surface area contributed by atoms with Crippen LogP contribution in [0.15, 0.2) is 146 Å². The van der Waals surface area contributed by atoms with Crippen LogP contribution in [0.4, 0.5) is 0 Å². The van der Waals surface area contributed by atoms with Crippen LogP contribution in [-0.4, -0.2) is 0 Å². The lowest BCUT2D eigenvalue weighted by molar-refractivity contribution is 0.472. The highest BCUT2D eigenvalue weighted by molar-refractivity contribution is 5.93. The Kier molecular flexibility index (Phi) is 5.49. The van der Waals surface area contributed by atoms with E-state index in [1.165, 1.54) is 0 Å². The van der Waals surface area contributed by atoms with Crippen LogP contribution in [0.25, 0.3) is 44.5 Å². The minimum absolute atomic E-state index is 0.782. The molecule has 0 N–H and O–H groups in total. The molecule has 0 bridgehead atoms. The quantitative estimate of drug-likeness (QED) is 0.241. The predicted octanol–water partition coefficient (Wildman–Crippen LogP) is 10.3. The van der Waals surface area contributed by atoms with Crippen LogP contribution in [0, 0.1) is 0 Å². The molecule has 0 saturated heterocycles. The molecule has 0 spiro atoms. The molecule has 1 aliphatic heterocycles. The van der Waals surface area contributed by atoms with E-state index in [1.807, 2.05) is 54.6 Å². The zero-order chi connectivity index (χ0) is 25.3. The normalized spacial score (nSPS) is 11.6. The van der Waals surface area contributed by atoms with Gasteiger partial charge in [-0.25, -0.2) is 0 Å². The zero-order valence-electron chi connectivity index (χ0n) is 20.7. The first kappa shape index (κ1) is 22.1. The Hall–Kier alpha value is -5.08. The smallest absolute Gasteiger partial charge is 0.136 e. The highest BCUT2D eigenvalue weighted by atomic mass is 16.5. The molecule has 0 fully saturated rings. The Bertz CT molecular complexity index is 1750. The van der Waals surface area contributed by atoms with E-state index in [2.05, 4.69) is 91.0 Å². The summed E-state index contributed by atoms with van der Waals surface area (Å²) in [7, 11) is 0. The average molecular weight is 489 g/mol. The third-order valence-corrected chi connectivity index (χ3v) is 6.97. The molecule has 0 aliphatic carbocycles. The van der Waals surface area contributed by atoms with Gasteiger partial charge in [0, 0.05) is 22.3 Å². The Morgan fingerprint density at radius 2 is 0.789 bits per heavy atom. The fraction of sp³-hybridized carbons (Fsp3) is 0. The van der Waals surface area contributed by atoms with Crippen LogP contribution in [0.2, 0.25) is 0 Å². The van der Waals surface area contributed by atoms with Gasteiger partial charge >= 0.3 is 0 Å². The van der Waals surface area contributed by atoms with Crippen molar-refractivity contribution in [3.63, 3.8) is 0 Å². The van der Waals surface area contributed by atoms with Crippen LogP contribution in [0.5, 0.6) is 23.0 Å². The van der Waals surface area contributed by atoms with Gasteiger partial charge in [0.2, 0.25) is 0 Å². The number of ether oxygens (including phenoxy) is 2. The third-order valence-electron chi connectivity index (χ3n) is 6.97. The van der Waals surface area contributed by atoms with Crippen molar-refractivity contribution in [2.45, 2.75) is 0 Å². The summed E-state index contributed by atoms with van der Waals surface area (Å²) >= 11 is 0. The van der Waals surface area contributed by atoms with Gasteiger partial charge in [0.25, 0.3) is 0 Å². The first-order valence-corrected chi connectivity index (χ1v) is 12.8. The van der Waals surface area contributed by atoms with Crippen molar-refractivity contribution in [2.24, 2.45) is 0 Å². The summed E-state index contributed by atoms with van der Waals surface area (Å²) < 4.78 is 13.5. The molecule has 7 rings (SSSR count). The molecule has 0 unspecified atom stereocenters. The highest BCUT2D eigenvalue weighted by Gasteiger charge is 2.23. The molecule has 0 atom stereocenters. The van der Waals surface area contributed by atoms with Crippen molar-refractivity contribution < 1.29 is 9.47 Å². The van der Waals surface area contributed by atoms with Gasteiger partial charge in [0.05, 0.1) is 0 Å². The van der Waals surface area contributed by atoms with E-state index in [0.717, 1.165) is 67.5 Å². The Balaban J connectivity index is 1.56. The summed E-state index contributed by atoms with van der Waals surface area (Å²) in [6.07, 6.45) is 0. The molecule has 0 aromatic heterocycles. The van der Waals surface area contributed by atoms with Crippen molar-refractivity contribution in [3.8, 4) is 67.5 Å². The lowest BCUT2D eigenvalue weighted by atomic mass is 9.91. The Morgan fingerprint density at radius 1 is 0.289 bits per heavy atom. The van der Waals surface area contributed by atoms with Crippen molar-refractivity contribution in [1.29, 1.82) is 0 Å². The number of para-hydroxylation sites is 2. The molecular weight excluding hydrogens is 464 g/mol. The number of rotatable bonds is 2. The average Bonchev–Trinajstić information content (AvgIpc) is 2.99. The van der Waals surface area contributed by atoms with Crippen LogP contribution < -0.4 is 9.47 Å². The largest absolute Gasteiger partial charge is 0.456 e. The maximum absolute atomic E-state index is 6.78. The van der Waals surface area contributed by atoms with E-state index >= 15 is 0 Å². The Labute approximate surface area is 222 Å². The number of fused-ring (bicyclic) bond motifs is 6. The van der Waals surface area contributed by atoms with E-state index in [9.17, 15) is 0 Å². The summed E-state index contributed by atoms with van der Waals surface area (Å²) in [5.41, 5.74) is 8.44. The van der Waals surface area contributed by atoms with Gasteiger partial charge < -0.3 is 9.47 Å². The van der Waals surface area contributed by atoms with Gasteiger partial charge in [0.1, 0.15) is 23.0 Å². The van der Waals surface area contributed by atoms with Crippen LogP contribution in [-0.2, 0) is 0 Å². The SMILES string of the molecule is c1ccc(-c2ccc3c(c2)-c2c(cccc2-c2ccccc2)Oc2ccccc2-c2ccccc2O3)cc1. The molecular formula is C36H24O2. The fourth-order valence-corrected chi connectivity index (χ4v) is 5.17. The third kappa shape index (κ3) is 3.93. The first-order valence-electron chi connectivity index (χ1n) is 12.8. The monoisotopic (exact) mass is 488 g/mol. The molecule has 6 aromatic carbocycles. The summed E-state index contributed by atoms with van der Waals surface area (Å²) in [4.78, 5) is 0. The van der Waals surface area contributed by atoms with Gasteiger partial charge in [-0.1, -0.05) is 115 Å². The predicted molar refractivity (Wildman–Crippen MR) is 155 cm³/mol. The molecule has 2 nitrogen and oxygen atoms in total. The van der Waals surface area contributed by atoms with Gasteiger partial charge in [-0.2, -0.15) is 0 Å². The summed E-state index contributed by atoms with van der Waals surface area (Å²) in [5, 5.41) is 0. The maximum atomic E-state index is 6.78. The highest BCUT2D eigenvalue weighted by Crippen LogP contribution is 2.50. The molecule has 0 saturated carbocycles. The number of benzene rings is 6. The minimum atomic E-state index is 0.782. The van der Waals surface area contributed by atoms with E-state index in [0.29, 0.717) is 0 Å². The molecule has 0 amide bonds. The van der Waals surface area contributed by atoms with Gasteiger partial charge in [0.15, 0.2) is 0 Å². The zero-order valence-corrected chi connectivity index (χ0v) is 20.7. The first-order chi connectivity index (χ1) is 18.8. The Morgan fingerprint density at radius 3 is 1.47 bits per heavy atom. The van der Waals surface area contributed by atoms with Crippen molar-refractivity contribution in [2.75, 3.05) is 0 Å². The number of hydrogen-bond donors (Lipinski definition) is 0. The molecule has 2 heteroatoms. The van der Waals surface area contributed by atoms with Gasteiger partial charge in [-0.15, -0.1) is 0 Å². The lowest BCUT2D eigenvalue weighted by Crippen LogP contribution is -1.99. The van der Waals surface area contributed by atoms with E-state index < -0.39 is 0 Å². The second-order valence-corrected chi connectivity index (χ2v) is 9.32. The summed E-state index contributed by atoms with van der Waals surface area (Å²) in [6.45, 7) is 0. The van der Waals surface area contributed by atoms with Crippen LogP contribution >= 0.6 is 0 Å². The van der Waals surface area contributed by atoms with Gasteiger partial charge in [-0.05, 0) is 52.6 Å². The van der Waals surface area contributed by atoms with E-state index in [4.69, 9.17) is 9.47 Å². The molecule has 1 heterocycles. The lowest BCUT2D eigenvalue weighted by Gasteiger charge is -2.23. The molecule has 38 heavy (non-hydrogen) atoms. The second-order valence-electron chi connectivity index (χ2n) is 9.32. The summed E-state index contributed by atoms with van der Waals surface area (Å²) in [6, 6.07) is 49.9. The minimum Gasteiger partial charge on any atom is -0.456 e. The summed E-state index contributed by atoms with van der Waals surface area (Å²) in [5.74, 6) is 3.15. The van der Waals surface area contributed by atoms with Crippen molar-refractivity contribution >= 4 is 0 Å². The fourth-order valence-electron chi connectivity index (χ4n) is 5.17. The van der Waals surface area contributed by atoms with Gasteiger partial charge in [-0.3, -0.25) is 0 Å². The molecule has 180 valence electrons. The molecule has 6 aromatic rings. The van der Waals surface area contributed by atoms with Crippen LogP contribution in [0.3, 0.4) is 0 Å². The maximum Gasteiger partial charge on any atom is 0.136 e. The second kappa shape index (κ2) is 9.42. The molecule has 0 radical (unpaired) electrons. The standard InChI is InChI=1S/C36H24O2/c1-3-12-25(13-4-1)27-22-23-34-31(24-27)36-28(26-14-5-2-6-15-26)18-11-21-35(36)38-33-20-10-8-17-30(33)29-16-7-9-19-32(29)37-34/h1-24H. The van der Waals surface area contributed by atoms with E-state index in [1.54, 1.807) is 0 Å². The van der Waals surface area contributed by atoms with Crippen molar-refractivity contribution in [3.05, 3.63) is 146 Å². The topological polar surface area (TPSA) is 18.5 Å².